The van der Waals surface area contributed by atoms with Gasteiger partial charge in [0, 0.05) is 18.8 Å². The molecule has 0 radical (unpaired) electrons. The number of aryl methyl sites for hydroxylation is 1. The van der Waals surface area contributed by atoms with Crippen molar-refractivity contribution in [1.29, 1.82) is 0 Å². The molecule has 0 unspecified atom stereocenters. The second kappa shape index (κ2) is 8.29. The van der Waals surface area contributed by atoms with Crippen LogP contribution in [0.5, 0.6) is 0 Å². The molecule has 132 valence electrons. The molecule has 1 fully saturated rings. The van der Waals surface area contributed by atoms with Crippen LogP contribution in [0.25, 0.3) is 0 Å². The van der Waals surface area contributed by atoms with Crippen molar-refractivity contribution < 1.29 is 9.59 Å². The molecule has 0 aromatic heterocycles. The predicted octanol–water partition coefficient (Wildman–Crippen LogP) is 2.34. The third kappa shape index (κ3) is 5.34. The molecule has 2 N–H and O–H groups in total. The van der Waals surface area contributed by atoms with Crippen molar-refractivity contribution in [3.05, 3.63) is 29.3 Å². The summed E-state index contributed by atoms with van der Waals surface area (Å²) in [5, 5.41) is 5.58. The lowest BCUT2D eigenvalue weighted by atomic mass is 9.92. The number of hydrogen-bond donors (Lipinski definition) is 2. The largest absolute Gasteiger partial charge is 0.346 e. The maximum atomic E-state index is 12.1. The molecular formula is C19H29N3O2. The lowest BCUT2D eigenvalue weighted by Crippen LogP contribution is -2.45. The monoisotopic (exact) mass is 331 g/mol. The Hall–Kier alpha value is -1.88. The summed E-state index contributed by atoms with van der Waals surface area (Å²) >= 11 is 0. The summed E-state index contributed by atoms with van der Waals surface area (Å²) in [5.41, 5.74) is 2.98. The average Bonchev–Trinajstić information content (AvgIpc) is 2.49. The van der Waals surface area contributed by atoms with Crippen LogP contribution in [-0.2, 0) is 9.59 Å². The number of hydrogen-bond acceptors (Lipinski definition) is 3. The zero-order valence-electron chi connectivity index (χ0n) is 15.2. The Morgan fingerprint density at radius 1 is 1.12 bits per heavy atom. The molecule has 0 bridgehead atoms. The molecule has 1 saturated heterocycles. The van der Waals surface area contributed by atoms with Gasteiger partial charge in [0.2, 0.25) is 11.8 Å². The molecule has 1 aliphatic rings. The van der Waals surface area contributed by atoms with E-state index in [4.69, 9.17) is 0 Å². The van der Waals surface area contributed by atoms with Crippen molar-refractivity contribution in [2.45, 2.75) is 34.1 Å². The van der Waals surface area contributed by atoms with Crippen molar-refractivity contribution >= 4 is 17.5 Å². The molecule has 24 heavy (non-hydrogen) atoms. The number of carbonyl (C=O) groups is 2. The molecular weight excluding hydrogens is 302 g/mol. The number of piperidine rings is 1. The fraction of sp³-hybridized carbons (Fsp3) is 0.579. The van der Waals surface area contributed by atoms with E-state index >= 15 is 0 Å². The summed E-state index contributed by atoms with van der Waals surface area (Å²) in [6, 6.07) is 5.79. The van der Waals surface area contributed by atoms with Crippen LogP contribution in [-0.4, -0.2) is 42.9 Å². The SMILES string of the molecule is Cc1cccc(NC(=O)CNC(=O)CN2C[C@@H](C)C[C@H](C)C2)c1C. The van der Waals surface area contributed by atoms with Gasteiger partial charge in [0.15, 0.2) is 0 Å². The summed E-state index contributed by atoms with van der Waals surface area (Å²) < 4.78 is 0. The normalized spacial score (nSPS) is 21.3. The molecule has 1 aliphatic heterocycles. The first-order chi connectivity index (χ1) is 11.3. The molecule has 1 aromatic rings. The van der Waals surface area contributed by atoms with Crippen molar-refractivity contribution in [3.63, 3.8) is 0 Å². The number of likely N-dealkylation sites (tertiary alicyclic amines) is 1. The van der Waals surface area contributed by atoms with Gasteiger partial charge in [-0.15, -0.1) is 0 Å². The number of carbonyl (C=O) groups excluding carboxylic acids is 2. The van der Waals surface area contributed by atoms with E-state index in [1.807, 2.05) is 32.0 Å². The number of nitrogens with zero attached hydrogens (tertiary/aromatic N) is 1. The minimum absolute atomic E-state index is 0.00512. The second-order valence-electron chi connectivity index (χ2n) is 7.21. The van der Waals surface area contributed by atoms with Gasteiger partial charge in [-0.1, -0.05) is 26.0 Å². The van der Waals surface area contributed by atoms with E-state index in [0.717, 1.165) is 29.9 Å². The van der Waals surface area contributed by atoms with Gasteiger partial charge < -0.3 is 10.6 Å². The zero-order valence-corrected chi connectivity index (χ0v) is 15.2. The van der Waals surface area contributed by atoms with Gasteiger partial charge in [-0.05, 0) is 49.3 Å². The van der Waals surface area contributed by atoms with Gasteiger partial charge in [-0.3, -0.25) is 14.5 Å². The Morgan fingerprint density at radius 3 is 2.46 bits per heavy atom. The fourth-order valence-electron chi connectivity index (χ4n) is 3.44. The van der Waals surface area contributed by atoms with E-state index in [2.05, 4.69) is 29.4 Å². The van der Waals surface area contributed by atoms with Crippen LogP contribution in [0.15, 0.2) is 18.2 Å². The van der Waals surface area contributed by atoms with Crippen LogP contribution in [0.2, 0.25) is 0 Å². The van der Waals surface area contributed by atoms with Crippen LogP contribution in [0, 0.1) is 25.7 Å². The van der Waals surface area contributed by atoms with Crippen molar-refractivity contribution in [3.8, 4) is 0 Å². The minimum atomic E-state index is -0.197. The number of rotatable bonds is 5. The van der Waals surface area contributed by atoms with Crippen LogP contribution in [0.3, 0.4) is 0 Å². The molecule has 2 rings (SSSR count). The van der Waals surface area contributed by atoms with E-state index in [9.17, 15) is 9.59 Å². The van der Waals surface area contributed by atoms with E-state index in [1.54, 1.807) is 0 Å². The highest BCUT2D eigenvalue weighted by Gasteiger charge is 2.23. The van der Waals surface area contributed by atoms with Crippen molar-refractivity contribution in [1.82, 2.24) is 10.2 Å². The lowest BCUT2D eigenvalue weighted by Gasteiger charge is -2.34. The summed E-state index contributed by atoms with van der Waals surface area (Å²) in [4.78, 5) is 26.3. The van der Waals surface area contributed by atoms with Crippen molar-refractivity contribution in [2.24, 2.45) is 11.8 Å². The third-order valence-corrected chi connectivity index (χ3v) is 4.64. The lowest BCUT2D eigenvalue weighted by molar-refractivity contribution is -0.125. The molecule has 2 amide bonds. The van der Waals surface area contributed by atoms with Gasteiger partial charge >= 0.3 is 0 Å². The maximum absolute atomic E-state index is 12.1. The number of anilines is 1. The Morgan fingerprint density at radius 2 is 1.79 bits per heavy atom. The Labute approximate surface area is 144 Å². The minimum Gasteiger partial charge on any atom is -0.346 e. The highest BCUT2D eigenvalue weighted by atomic mass is 16.2. The summed E-state index contributed by atoms with van der Waals surface area (Å²) in [7, 11) is 0. The molecule has 0 saturated carbocycles. The van der Waals surface area contributed by atoms with Gasteiger partial charge in [-0.25, -0.2) is 0 Å². The highest BCUT2D eigenvalue weighted by Crippen LogP contribution is 2.20. The molecule has 1 aromatic carbocycles. The fourth-order valence-corrected chi connectivity index (χ4v) is 3.44. The van der Waals surface area contributed by atoms with E-state index < -0.39 is 0 Å². The molecule has 5 heteroatoms. The van der Waals surface area contributed by atoms with Crippen LogP contribution in [0.4, 0.5) is 5.69 Å². The zero-order chi connectivity index (χ0) is 17.7. The standard InChI is InChI=1S/C19H29N3O2/c1-13-8-14(2)11-22(10-13)12-19(24)20-9-18(23)21-17-7-5-6-15(3)16(17)4/h5-7,13-14H,8-12H2,1-4H3,(H,20,24)(H,21,23)/t13-,14-/m0/s1. The smallest absolute Gasteiger partial charge is 0.243 e. The first kappa shape index (κ1) is 18.5. The molecule has 5 nitrogen and oxygen atoms in total. The highest BCUT2D eigenvalue weighted by molar-refractivity contribution is 5.95. The predicted molar refractivity (Wildman–Crippen MR) is 96.9 cm³/mol. The number of amides is 2. The topological polar surface area (TPSA) is 61.4 Å². The van der Waals surface area contributed by atoms with E-state index in [1.165, 1.54) is 6.42 Å². The van der Waals surface area contributed by atoms with Crippen LogP contribution in [0.1, 0.15) is 31.4 Å². The Kier molecular flexibility index (Phi) is 6.37. The summed E-state index contributed by atoms with van der Waals surface area (Å²) in [6.45, 7) is 10.7. The van der Waals surface area contributed by atoms with Gasteiger partial charge in [0.05, 0.1) is 13.1 Å². The quantitative estimate of drug-likeness (QED) is 0.870. The van der Waals surface area contributed by atoms with Crippen molar-refractivity contribution in [2.75, 3.05) is 31.5 Å². The number of nitrogens with one attached hydrogen (secondary N) is 2. The third-order valence-electron chi connectivity index (χ3n) is 4.64. The summed E-state index contributed by atoms with van der Waals surface area (Å²) in [5.74, 6) is 0.952. The maximum Gasteiger partial charge on any atom is 0.243 e. The molecule has 0 aliphatic carbocycles. The summed E-state index contributed by atoms with van der Waals surface area (Å²) in [6.07, 6.45) is 1.22. The molecule has 1 heterocycles. The first-order valence-corrected chi connectivity index (χ1v) is 8.70. The van der Waals surface area contributed by atoms with E-state index in [-0.39, 0.29) is 18.4 Å². The molecule has 2 atom stereocenters. The van der Waals surface area contributed by atoms with E-state index in [0.29, 0.717) is 18.4 Å². The van der Waals surface area contributed by atoms with Crippen LogP contribution >= 0.6 is 0 Å². The second-order valence-corrected chi connectivity index (χ2v) is 7.21. The van der Waals surface area contributed by atoms with Gasteiger partial charge in [0.25, 0.3) is 0 Å². The number of benzene rings is 1. The Balaban J connectivity index is 1.77. The Bertz CT molecular complexity index is 590. The van der Waals surface area contributed by atoms with Crippen LogP contribution < -0.4 is 10.6 Å². The average molecular weight is 331 g/mol. The van der Waals surface area contributed by atoms with Gasteiger partial charge in [0.1, 0.15) is 0 Å². The first-order valence-electron chi connectivity index (χ1n) is 8.70. The van der Waals surface area contributed by atoms with Gasteiger partial charge in [-0.2, -0.15) is 0 Å². The molecule has 0 spiro atoms.